The molecule has 0 aliphatic carbocycles. The van der Waals surface area contributed by atoms with Crippen molar-refractivity contribution >= 4 is 22.1 Å². The van der Waals surface area contributed by atoms with Crippen LogP contribution in [0.25, 0.3) is 0 Å². The lowest BCUT2D eigenvalue weighted by molar-refractivity contribution is -0.137. The highest BCUT2D eigenvalue weighted by atomic mass is 32.2. The number of halogens is 3. The second-order valence-electron chi connectivity index (χ2n) is 7.58. The lowest BCUT2D eigenvalue weighted by Gasteiger charge is -2.17. The van der Waals surface area contributed by atoms with E-state index in [9.17, 15) is 21.6 Å². The van der Waals surface area contributed by atoms with Crippen molar-refractivity contribution in [3.05, 3.63) is 46.0 Å². The number of aromatic nitrogens is 3. The first-order valence-corrected chi connectivity index (χ1v) is 11.4. The quantitative estimate of drug-likeness (QED) is 0.636. The molecule has 6 nitrogen and oxygen atoms in total. The summed E-state index contributed by atoms with van der Waals surface area (Å²) in [5.74, 6) is 1.19. The minimum absolute atomic E-state index is 0.0498. The third-order valence-electron chi connectivity index (χ3n) is 5.04. The van der Waals surface area contributed by atoms with E-state index in [0.717, 1.165) is 23.5 Å². The lowest BCUT2D eigenvalue weighted by atomic mass is 10.1. The summed E-state index contributed by atoms with van der Waals surface area (Å²) in [6.45, 7) is 0.809. The van der Waals surface area contributed by atoms with E-state index in [-0.39, 0.29) is 17.4 Å². The van der Waals surface area contributed by atoms with Gasteiger partial charge in [0.1, 0.15) is 5.82 Å². The summed E-state index contributed by atoms with van der Waals surface area (Å²) >= 11 is 5.43. The van der Waals surface area contributed by atoms with E-state index in [1.165, 1.54) is 12.1 Å². The fraction of sp³-hybridized carbons (Fsp3) is 0.556. The van der Waals surface area contributed by atoms with E-state index >= 15 is 0 Å². The van der Waals surface area contributed by atoms with Gasteiger partial charge in [0.2, 0.25) is 0 Å². The van der Waals surface area contributed by atoms with Gasteiger partial charge in [-0.2, -0.15) is 18.3 Å². The molecule has 1 atom stereocenters. The zero-order valence-electron chi connectivity index (χ0n) is 16.2. The minimum atomic E-state index is -4.35. The second kappa shape index (κ2) is 8.19. The monoisotopic (exact) mass is 448 g/mol. The maximum atomic E-state index is 12.7. The SMILES string of the molecule is CN(Cc1ccc(C(F)(F)F)cc1)Cn1nc(CC2CCS(=O)(=O)C2)n(C)c1=S. The van der Waals surface area contributed by atoms with Crippen molar-refractivity contribution in [3.8, 4) is 0 Å². The summed E-state index contributed by atoms with van der Waals surface area (Å²) in [6, 6.07) is 5.07. The van der Waals surface area contributed by atoms with Crippen LogP contribution in [0.3, 0.4) is 0 Å². The molecule has 0 N–H and O–H groups in total. The molecule has 1 fully saturated rings. The van der Waals surface area contributed by atoms with Crippen molar-refractivity contribution in [3.63, 3.8) is 0 Å². The van der Waals surface area contributed by atoms with Gasteiger partial charge in [0.15, 0.2) is 14.6 Å². The summed E-state index contributed by atoms with van der Waals surface area (Å²) in [7, 11) is 0.690. The molecule has 3 rings (SSSR count). The molecule has 0 radical (unpaired) electrons. The Kier molecular flexibility index (Phi) is 6.21. The first kappa shape index (κ1) is 22.0. The summed E-state index contributed by atoms with van der Waals surface area (Å²) in [5, 5.41) is 4.54. The lowest BCUT2D eigenvalue weighted by Crippen LogP contribution is -2.22. The molecule has 1 unspecified atom stereocenters. The average Bonchev–Trinajstić information content (AvgIpc) is 3.08. The highest BCUT2D eigenvalue weighted by Crippen LogP contribution is 2.29. The van der Waals surface area contributed by atoms with E-state index < -0.39 is 21.6 Å². The van der Waals surface area contributed by atoms with Crippen LogP contribution in [0.15, 0.2) is 24.3 Å². The molecular weight excluding hydrogens is 425 g/mol. The number of hydrogen-bond acceptors (Lipinski definition) is 5. The molecule has 1 aliphatic heterocycles. The molecule has 1 aliphatic rings. The molecule has 1 aromatic heterocycles. The van der Waals surface area contributed by atoms with Gasteiger partial charge in [-0.1, -0.05) is 12.1 Å². The standard InChI is InChI=1S/C18H23F3N4O2S2/c1-23(10-13-3-5-15(6-4-13)18(19,20)21)12-25-17(28)24(2)16(22-25)9-14-7-8-29(26,27)11-14/h3-6,14H,7-12H2,1-2H3. The van der Waals surface area contributed by atoms with Crippen LogP contribution < -0.4 is 0 Å². The van der Waals surface area contributed by atoms with Gasteiger partial charge in [0, 0.05) is 20.0 Å². The van der Waals surface area contributed by atoms with Gasteiger partial charge >= 0.3 is 6.18 Å². The Labute approximate surface area is 172 Å². The van der Waals surface area contributed by atoms with Gasteiger partial charge in [0.05, 0.1) is 23.7 Å². The Hall–Kier alpha value is -1.72. The molecule has 160 valence electrons. The van der Waals surface area contributed by atoms with Crippen LogP contribution >= 0.6 is 12.2 Å². The highest BCUT2D eigenvalue weighted by molar-refractivity contribution is 7.91. The average molecular weight is 449 g/mol. The van der Waals surface area contributed by atoms with Gasteiger partial charge in [-0.15, -0.1) is 0 Å². The smallest absolute Gasteiger partial charge is 0.307 e. The fourth-order valence-electron chi connectivity index (χ4n) is 3.48. The van der Waals surface area contributed by atoms with Crippen molar-refractivity contribution in [2.24, 2.45) is 13.0 Å². The van der Waals surface area contributed by atoms with Crippen molar-refractivity contribution in [2.75, 3.05) is 18.6 Å². The van der Waals surface area contributed by atoms with Gasteiger partial charge in [0.25, 0.3) is 0 Å². The van der Waals surface area contributed by atoms with Crippen LogP contribution in [0.5, 0.6) is 0 Å². The van der Waals surface area contributed by atoms with Gasteiger partial charge in [-0.05, 0) is 49.3 Å². The normalized spacial score (nSPS) is 19.2. The third-order valence-corrected chi connectivity index (χ3v) is 7.36. The first-order chi connectivity index (χ1) is 13.4. The second-order valence-corrected chi connectivity index (χ2v) is 10.2. The van der Waals surface area contributed by atoms with Gasteiger partial charge < -0.3 is 4.57 Å². The van der Waals surface area contributed by atoms with E-state index in [1.54, 1.807) is 16.3 Å². The van der Waals surface area contributed by atoms with Crippen molar-refractivity contribution < 1.29 is 21.6 Å². The maximum Gasteiger partial charge on any atom is 0.416 e. The van der Waals surface area contributed by atoms with E-state index in [0.29, 0.717) is 30.8 Å². The molecule has 0 amide bonds. The Bertz CT molecular complexity index is 1030. The van der Waals surface area contributed by atoms with Crippen LogP contribution in [0.4, 0.5) is 13.2 Å². The van der Waals surface area contributed by atoms with Crippen LogP contribution in [-0.2, 0) is 42.7 Å². The first-order valence-electron chi connectivity index (χ1n) is 9.12. The van der Waals surface area contributed by atoms with E-state index in [4.69, 9.17) is 12.2 Å². The zero-order chi connectivity index (χ0) is 21.4. The molecule has 0 saturated carbocycles. The predicted molar refractivity (Wildman–Crippen MR) is 105 cm³/mol. The van der Waals surface area contributed by atoms with Crippen LogP contribution in [0.2, 0.25) is 0 Å². The summed E-state index contributed by atoms with van der Waals surface area (Å²) < 4.78 is 65.3. The summed E-state index contributed by atoms with van der Waals surface area (Å²) in [6.07, 6.45) is -3.16. The number of rotatable bonds is 6. The van der Waals surface area contributed by atoms with E-state index in [1.807, 2.05) is 11.9 Å². The summed E-state index contributed by atoms with van der Waals surface area (Å²) in [5.41, 5.74) is 0.0775. The van der Waals surface area contributed by atoms with E-state index in [2.05, 4.69) is 5.10 Å². The van der Waals surface area contributed by atoms with Crippen molar-refractivity contribution in [1.29, 1.82) is 0 Å². The van der Waals surface area contributed by atoms with Crippen LogP contribution in [-0.4, -0.2) is 46.2 Å². The maximum absolute atomic E-state index is 12.7. The molecule has 1 saturated heterocycles. The van der Waals surface area contributed by atoms with Crippen molar-refractivity contribution in [2.45, 2.75) is 32.2 Å². The Morgan fingerprint density at radius 3 is 2.48 bits per heavy atom. The fourth-order valence-corrected chi connectivity index (χ4v) is 5.55. The summed E-state index contributed by atoms with van der Waals surface area (Å²) in [4.78, 5) is 1.90. The van der Waals surface area contributed by atoms with Gasteiger partial charge in [-0.25, -0.2) is 13.1 Å². The zero-order valence-corrected chi connectivity index (χ0v) is 17.8. The number of benzene rings is 1. The molecule has 2 heterocycles. The molecule has 0 spiro atoms. The largest absolute Gasteiger partial charge is 0.416 e. The van der Waals surface area contributed by atoms with Gasteiger partial charge in [-0.3, -0.25) is 4.90 Å². The molecule has 29 heavy (non-hydrogen) atoms. The molecule has 2 aromatic rings. The Morgan fingerprint density at radius 1 is 1.28 bits per heavy atom. The number of sulfone groups is 1. The van der Waals surface area contributed by atoms with Crippen LogP contribution in [0, 0.1) is 10.7 Å². The third kappa shape index (κ3) is 5.46. The topological polar surface area (TPSA) is 60.1 Å². The molecule has 0 bridgehead atoms. The minimum Gasteiger partial charge on any atom is -0.307 e. The highest BCUT2D eigenvalue weighted by Gasteiger charge is 2.30. The number of hydrogen-bond donors (Lipinski definition) is 0. The predicted octanol–water partition coefficient (Wildman–Crippen LogP) is 3.04. The molecule has 1 aromatic carbocycles. The van der Waals surface area contributed by atoms with Crippen LogP contribution in [0.1, 0.15) is 23.4 Å². The molecular formula is C18H23F3N4O2S2. The number of nitrogens with zero attached hydrogens (tertiary/aromatic N) is 4. The van der Waals surface area contributed by atoms with Crippen molar-refractivity contribution in [1.82, 2.24) is 19.2 Å². The number of alkyl halides is 3. The molecule has 11 heteroatoms. The Balaban J connectivity index is 1.64. The Morgan fingerprint density at radius 2 is 1.93 bits per heavy atom.